The molecule has 3 rings (SSSR count). The molecule has 0 atom stereocenters. The quantitative estimate of drug-likeness (QED) is 0.554. The Kier molecular flexibility index (Phi) is 5.85. The Balaban J connectivity index is 2.25. The zero-order valence-corrected chi connectivity index (χ0v) is 17.8. The summed E-state index contributed by atoms with van der Waals surface area (Å²) in [6.45, 7) is 1.66. The Bertz CT molecular complexity index is 1360. The molecule has 0 N–H and O–H groups in total. The average molecular weight is 455 g/mol. The smallest absolute Gasteiger partial charge is 0.302 e. The molecule has 2 aromatic carbocycles. The summed E-state index contributed by atoms with van der Waals surface area (Å²) in [4.78, 5) is 25.3. The van der Waals surface area contributed by atoms with E-state index >= 15 is 0 Å². The van der Waals surface area contributed by atoms with Gasteiger partial charge in [-0.25, -0.2) is 12.7 Å². The van der Waals surface area contributed by atoms with Crippen molar-refractivity contribution >= 4 is 21.1 Å². The van der Waals surface area contributed by atoms with Crippen LogP contribution in [0.15, 0.2) is 56.9 Å². The normalized spacial score (nSPS) is 12.6. The van der Waals surface area contributed by atoms with Crippen LogP contribution >= 0.6 is 0 Å². The van der Waals surface area contributed by atoms with Crippen molar-refractivity contribution in [1.82, 2.24) is 13.4 Å². The maximum absolute atomic E-state index is 12.8. The van der Waals surface area contributed by atoms with Crippen molar-refractivity contribution in [1.29, 1.82) is 0 Å². The summed E-state index contributed by atoms with van der Waals surface area (Å²) in [6.07, 6.45) is -4.50. The molecule has 0 aliphatic rings. The molecule has 0 saturated heterocycles. The number of aryl methyl sites for hydroxylation is 1. The monoisotopic (exact) mass is 455 g/mol. The van der Waals surface area contributed by atoms with Gasteiger partial charge in [0.1, 0.15) is 0 Å². The van der Waals surface area contributed by atoms with Crippen LogP contribution in [0.25, 0.3) is 11.0 Å². The van der Waals surface area contributed by atoms with E-state index in [9.17, 15) is 31.2 Å². The van der Waals surface area contributed by atoms with Crippen LogP contribution in [0, 0.1) is 0 Å². The maximum Gasteiger partial charge on any atom is 0.416 e. The molecule has 1 heterocycles. The molecule has 11 heteroatoms. The zero-order chi connectivity index (χ0) is 23.1. The third-order valence-corrected chi connectivity index (χ3v) is 6.73. The molecule has 3 aromatic rings. The van der Waals surface area contributed by atoms with Crippen molar-refractivity contribution in [2.75, 3.05) is 14.1 Å². The van der Waals surface area contributed by atoms with Crippen molar-refractivity contribution in [2.45, 2.75) is 31.1 Å². The number of fused-ring (bicyclic) bond motifs is 1. The van der Waals surface area contributed by atoms with Gasteiger partial charge in [0, 0.05) is 20.6 Å². The molecular formula is C20H20F3N3O4S. The van der Waals surface area contributed by atoms with Gasteiger partial charge in [-0.15, -0.1) is 0 Å². The lowest BCUT2D eigenvalue weighted by Crippen LogP contribution is -2.41. The molecule has 0 bridgehead atoms. The third kappa shape index (κ3) is 4.15. The van der Waals surface area contributed by atoms with Gasteiger partial charge in [0.2, 0.25) is 10.0 Å². The minimum atomic E-state index is -4.50. The second-order valence-corrected chi connectivity index (χ2v) is 9.23. The Morgan fingerprint density at radius 1 is 0.903 bits per heavy atom. The highest BCUT2D eigenvalue weighted by Crippen LogP contribution is 2.29. The molecule has 7 nitrogen and oxygen atoms in total. The first-order valence-corrected chi connectivity index (χ1v) is 10.7. The molecule has 0 unspecified atom stereocenters. The Hall–Kier alpha value is -2.92. The lowest BCUT2D eigenvalue weighted by Gasteiger charge is -2.17. The number of hydrogen-bond acceptors (Lipinski definition) is 4. The van der Waals surface area contributed by atoms with Gasteiger partial charge in [0.05, 0.1) is 28.0 Å². The third-order valence-electron chi connectivity index (χ3n) is 4.92. The van der Waals surface area contributed by atoms with Crippen molar-refractivity contribution in [3.8, 4) is 0 Å². The van der Waals surface area contributed by atoms with Gasteiger partial charge in [0.15, 0.2) is 0 Å². The van der Waals surface area contributed by atoms with E-state index in [1.54, 1.807) is 6.92 Å². The van der Waals surface area contributed by atoms with E-state index in [1.165, 1.54) is 49.0 Å². The summed E-state index contributed by atoms with van der Waals surface area (Å²) >= 11 is 0. The molecule has 0 amide bonds. The van der Waals surface area contributed by atoms with E-state index in [2.05, 4.69) is 0 Å². The second-order valence-electron chi connectivity index (χ2n) is 7.07. The van der Waals surface area contributed by atoms with Crippen molar-refractivity contribution in [3.05, 3.63) is 74.3 Å². The maximum atomic E-state index is 12.8. The van der Waals surface area contributed by atoms with Crippen LogP contribution in [0.5, 0.6) is 0 Å². The van der Waals surface area contributed by atoms with Crippen molar-refractivity contribution in [3.63, 3.8) is 0 Å². The summed E-state index contributed by atoms with van der Waals surface area (Å²) < 4.78 is 66.9. The summed E-state index contributed by atoms with van der Waals surface area (Å²) in [5.74, 6) is 0. The predicted molar refractivity (Wildman–Crippen MR) is 110 cm³/mol. The Morgan fingerprint density at radius 2 is 1.48 bits per heavy atom. The van der Waals surface area contributed by atoms with E-state index in [4.69, 9.17) is 0 Å². The number of rotatable bonds is 5. The summed E-state index contributed by atoms with van der Waals surface area (Å²) in [5, 5.41) is 0. The minimum Gasteiger partial charge on any atom is -0.302 e. The van der Waals surface area contributed by atoms with Crippen LogP contribution in [0.3, 0.4) is 0 Å². The van der Waals surface area contributed by atoms with Crippen LogP contribution in [0.2, 0.25) is 0 Å². The van der Waals surface area contributed by atoms with Gasteiger partial charge in [-0.1, -0.05) is 12.1 Å². The molecule has 0 saturated carbocycles. The second kappa shape index (κ2) is 7.97. The van der Waals surface area contributed by atoms with E-state index in [0.29, 0.717) is 11.1 Å². The van der Waals surface area contributed by atoms with Gasteiger partial charge >= 0.3 is 17.3 Å². The van der Waals surface area contributed by atoms with Crippen LogP contribution in [0.1, 0.15) is 18.1 Å². The van der Waals surface area contributed by atoms with Crippen LogP contribution in [-0.2, 0) is 29.3 Å². The molecule has 0 aliphatic carbocycles. The fourth-order valence-corrected chi connectivity index (χ4v) is 4.14. The number of benzene rings is 2. The molecule has 1 aromatic heterocycles. The van der Waals surface area contributed by atoms with Crippen molar-refractivity contribution < 1.29 is 21.6 Å². The molecule has 0 spiro atoms. The first kappa shape index (κ1) is 22.8. The standard InChI is InChI=1S/C20H20F3N3O4S/c1-4-25-16-10-9-15(31(29,30)24(2)3)11-17(16)26(19(28)18(25)27)12-13-5-7-14(8-6-13)20(21,22)23/h5-11H,4,12H2,1-3H3. The molecule has 0 radical (unpaired) electrons. The van der Waals surface area contributed by atoms with Gasteiger partial charge < -0.3 is 4.57 Å². The summed E-state index contributed by atoms with van der Waals surface area (Å²) in [6, 6.07) is 8.28. The number of halogens is 3. The van der Waals surface area contributed by atoms with Gasteiger partial charge in [0.25, 0.3) is 0 Å². The predicted octanol–water partition coefficient (Wildman–Crippen LogP) is 2.50. The zero-order valence-electron chi connectivity index (χ0n) is 17.0. The van der Waals surface area contributed by atoms with Crippen LogP contribution in [0.4, 0.5) is 13.2 Å². The van der Waals surface area contributed by atoms with E-state index in [-0.39, 0.29) is 23.5 Å². The molecule has 0 fully saturated rings. The lowest BCUT2D eigenvalue weighted by atomic mass is 10.1. The topological polar surface area (TPSA) is 81.4 Å². The molecule has 31 heavy (non-hydrogen) atoms. The van der Waals surface area contributed by atoms with Crippen LogP contribution < -0.4 is 11.1 Å². The summed E-state index contributed by atoms with van der Waals surface area (Å²) in [7, 11) is -1.09. The average Bonchev–Trinajstić information content (AvgIpc) is 2.71. The largest absolute Gasteiger partial charge is 0.416 e. The fraction of sp³-hybridized carbons (Fsp3) is 0.300. The fourth-order valence-electron chi connectivity index (χ4n) is 3.22. The van der Waals surface area contributed by atoms with Crippen molar-refractivity contribution in [2.24, 2.45) is 0 Å². The van der Waals surface area contributed by atoms with E-state index in [1.807, 2.05) is 0 Å². The number of alkyl halides is 3. The number of sulfonamides is 1. The van der Waals surface area contributed by atoms with E-state index in [0.717, 1.165) is 21.0 Å². The van der Waals surface area contributed by atoms with Gasteiger partial charge in [-0.3, -0.25) is 14.2 Å². The molecule has 0 aliphatic heterocycles. The first-order valence-electron chi connectivity index (χ1n) is 9.24. The highest BCUT2D eigenvalue weighted by atomic mass is 32.2. The minimum absolute atomic E-state index is 0.0770. The number of nitrogens with zero attached hydrogens (tertiary/aromatic N) is 3. The Morgan fingerprint density at radius 3 is 2.00 bits per heavy atom. The SMILES string of the molecule is CCn1c(=O)c(=O)n(Cc2ccc(C(F)(F)F)cc2)c2cc(S(=O)(=O)N(C)C)ccc21. The van der Waals surface area contributed by atoms with Gasteiger partial charge in [-0.05, 0) is 42.8 Å². The Labute approximate surface area is 176 Å². The summed E-state index contributed by atoms with van der Waals surface area (Å²) in [5.41, 5.74) is -1.65. The lowest BCUT2D eigenvalue weighted by molar-refractivity contribution is -0.137. The van der Waals surface area contributed by atoms with Crippen LogP contribution in [-0.4, -0.2) is 36.0 Å². The number of hydrogen-bond donors (Lipinski definition) is 0. The molecule has 166 valence electrons. The van der Waals surface area contributed by atoms with Gasteiger partial charge in [-0.2, -0.15) is 13.2 Å². The number of aromatic nitrogens is 2. The van der Waals surface area contributed by atoms with E-state index < -0.39 is 32.9 Å². The highest BCUT2D eigenvalue weighted by molar-refractivity contribution is 7.89. The highest BCUT2D eigenvalue weighted by Gasteiger charge is 2.30. The first-order chi connectivity index (χ1) is 14.4. The molecular weight excluding hydrogens is 435 g/mol.